The van der Waals surface area contributed by atoms with E-state index < -0.39 is 0 Å². The molecule has 0 fully saturated rings. The van der Waals surface area contributed by atoms with E-state index in [1.165, 1.54) is 5.56 Å². The van der Waals surface area contributed by atoms with Gasteiger partial charge in [-0.15, -0.1) is 0 Å². The Balaban J connectivity index is 1.36. The monoisotopic (exact) mass is 345 g/mol. The molecule has 0 saturated heterocycles. The molecule has 0 bridgehead atoms. The SMILES string of the molecule is O=C(NCCc1nccn1Cc1ccccc1)c1cc2ccccc2o1. The smallest absolute Gasteiger partial charge is 0.287 e. The Morgan fingerprint density at radius 3 is 2.73 bits per heavy atom. The van der Waals surface area contributed by atoms with Crippen molar-refractivity contribution in [3.05, 3.63) is 90.2 Å². The number of imidazole rings is 1. The van der Waals surface area contributed by atoms with Crippen LogP contribution < -0.4 is 5.32 Å². The molecule has 0 aliphatic heterocycles. The van der Waals surface area contributed by atoms with E-state index in [0.29, 0.717) is 18.7 Å². The fraction of sp³-hybridized carbons (Fsp3) is 0.143. The van der Waals surface area contributed by atoms with Crippen LogP contribution in [-0.2, 0) is 13.0 Å². The van der Waals surface area contributed by atoms with Crippen molar-refractivity contribution >= 4 is 16.9 Å². The number of para-hydroxylation sites is 1. The predicted molar refractivity (Wildman–Crippen MR) is 100 cm³/mol. The maximum absolute atomic E-state index is 12.3. The molecule has 2 heterocycles. The lowest BCUT2D eigenvalue weighted by Crippen LogP contribution is -2.26. The van der Waals surface area contributed by atoms with Gasteiger partial charge >= 0.3 is 0 Å². The molecule has 0 atom stereocenters. The van der Waals surface area contributed by atoms with Gasteiger partial charge in [0, 0.05) is 37.3 Å². The number of carbonyl (C=O) groups excluding carboxylic acids is 1. The third kappa shape index (κ3) is 3.52. The molecule has 0 radical (unpaired) electrons. The molecule has 1 N–H and O–H groups in total. The first kappa shape index (κ1) is 16.1. The predicted octanol–water partition coefficient (Wildman–Crippen LogP) is 3.65. The Labute approximate surface area is 151 Å². The van der Waals surface area contributed by atoms with Gasteiger partial charge in [-0.1, -0.05) is 48.5 Å². The highest BCUT2D eigenvalue weighted by atomic mass is 16.3. The van der Waals surface area contributed by atoms with Gasteiger partial charge in [0.1, 0.15) is 11.4 Å². The van der Waals surface area contributed by atoms with E-state index in [2.05, 4.69) is 27.0 Å². The van der Waals surface area contributed by atoms with Crippen molar-refractivity contribution in [2.75, 3.05) is 6.54 Å². The first-order valence-electron chi connectivity index (χ1n) is 8.60. The number of rotatable bonds is 6. The zero-order valence-corrected chi connectivity index (χ0v) is 14.3. The molecule has 0 aliphatic rings. The van der Waals surface area contributed by atoms with Gasteiger partial charge in [-0.25, -0.2) is 4.98 Å². The Morgan fingerprint density at radius 1 is 1.08 bits per heavy atom. The topological polar surface area (TPSA) is 60.1 Å². The largest absolute Gasteiger partial charge is 0.451 e. The van der Waals surface area contributed by atoms with E-state index in [1.807, 2.05) is 48.7 Å². The lowest BCUT2D eigenvalue weighted by atomic mass is 10.2. The second-order valence-electron chi connectivity index (χ2n) is 6.11. The summed E-state index contributed by atoms with van der Waals surface area (Å²) in [6.07, 6.45) is 4.41. The van der Waals surface area contributed by atoms with Crippen molar-refractivity contribution in [1.29, 1.82) is 0 Å². The minimum absolute atomic E-state index is 0.206. The molecule has 26 heavy (non-hydrogen) atoms. The van der Waals surface area contributed by atoms with Crippen molar-refractivity contribution in [3.63, 3.8) is 0 Å². The lowest BCUT2D eigenvalue weighted by molar-refractivity contribution is 0.0928. The van der Waals surface area contributed by atoms with E-state index in [4.69, 9.17) is 4.42 Å². The molecule has 2 aromatic carbocycles. The third-order valence-corrected chi connectivity index (χ3v) is 4.28. The molecular weight excluding hydrogens is 326 g/mol. The van der Waals surface area contributed by atoms with E-state index in [-0.39, 0.29) is 5.91 Å². The minimum atomic E-state index is -0.206. The van der Waals surface area contributed by atoms with Crippen LogP contribution in [0.5, 0.6) is 0 Å². The van der Waals surface area contributed by atoms with Crippen molar-refractivity contribution < 1.29 is 9.21 Å². The summed E-state index contributed by atoms with van der Waals surface area (Å²) in [5, 5.41) is 3.83. The second-order valence-corrected chi connectivity index (χ2v) is 6.11. The number of aromatic nitrogens is 2. The van der Waals surface area contributed by atoms with Crippen LogP contribution >= 0.6 is 0 Å². The number of hydrogen-bond donors (Lipinski definition) is 1. The normalized spacial score (nSPS) is 10.9. The molecule has 4 aromatic rings. The quantitative estimate of drug-likeness (QED) is 0.580. The fourth-order valence-corrected chi connectivity index (χ4v) is 2.96. The number of fused-ring (bicyclic) bond motifs is 1. The van der Waals surface area contributed by atoms with Crippen molar-refractivity contribution in [3.8, 4) is 0 Å². The molecule has 0 aliphatic carbocycles. The first-order valence-corrected chi connectivity index (χ1v) is 8.60. The Hall–Kier alpha value is -3.34. The van der Waals surface area contributed by atoms with Gasteiger partial charge in [0.05, 0.1) is 0 Å². The molecule has 0 unspecified atom stereocenters. The van der Waals surface area contributed by atoms with Crippen LogP contribution in [0, 0.1) is 0 Å². The van der Waals surface area contributed by atoms with E-state index in [0.717, 1.165) is 23.3 Å². The number of furan rings is 1. The van der Waals surface area contributed by atoms with Crippen LogP contribution in [0.15, 0.2) is 77.5 Å². The Bertz CT molecular complexity index is 985. The molecular formula is C21H19N3O2. The van der Waals surface area contributed by atoms with Crippen LogP contribution in [-0.4, -0.2) is 22.0 Å². The van der Waals surface area contributed by atoms with E-state index >= 15 is 0 Å². The summed E-state index contributed by atoms with van der Waals surface area (Å²) < 4.78 is 7.69. The number of amides is 1. The van der Waals surface area contributed by atoms with E-state index in [1.54, 1.807) is 12.3 Å². The Kier molecular flexibility index (Phi) is 4.51. The number of carbonyl (C=O) groups is 1. The number of nitrogens with zero attached hydrogens (tertiary/aromatic N) is 2. The Morgan fingerprint density at radius 2 is 1.88 bits per heavy atom. The second kappa shape index (κ2) is 7.27. The maximum Gasteiger partial charge on any atom is 0.287 e. The van der Waals surface area contributed by atoms with Crippen LogP contribution in [0.4, 0.5) is 0 Å². The number of nitrogens with one attached hydrogen (secondary N) is 1. The highest BCUT2D eigenvalue weighted by molar-refractivity contribution is 5.96. The van der Waals surface area contributed by atoms with Crippen molar-refractivity contribution in [2.24, 2.45) is 0 Å². The van der Waals surface area contributed by atoms with E-state index in [9.17, 15) is 4.79 Å². The van der Waals surface area contributed by atoms with Gasteiger partial charge in [-0.05, 0) is 17.7 Å². The van der Waals surface area contributed by atoms with Crippen LogP contribution in [0.3, 0.4) is 0 Å². The summed E-state index contributed by atoms with van der Waals surface area (Å²) in [5.41, 5.74) is 1.94. The molecule has 130 valence electrons. The summed E-state index contributed by atoms with van der Waals surface area (Å²) in [5.74, 6) is 1.07. The molecule has 4 rings (SSSR count). The summed E-state index contributed by atoms with van der Waals surface area (Å²) in [7, 11) is 0. The van der Waals surface area contributed by atoms with Gasteiger partial charge < -0.3 is 14.3 Å². The van der Waals surface area contributed by atoms with Crippen molar-refractivity contribution in [1.82, 2.24) is 14.9 Å². The molecule has 0 saturated carbocycles. The molecule has 1 amide bonds. The van der Waals surface area contributed by atoms with Gasteiger partial charge in [-0.2, -0.15) is 0 Å². The fourth-order valence-electron chi connectivity index (χ4n) is 2.96. The highest BCUT2D eigenvalue weighted by Crippen LogP contribution is 2.18. The standard InChI is InChI=1S/C21H19N3O2/c25-21(19-14-17-8-4-5-9-18(17)26-19)23-11-10-20-22-12-13-24(20)15-16-6-2-1-3-7-16/h1-9,12-14H,10-11,15H2,(H,23,25). The molecule has 0 spiro atoms. The molecule has 2 aromatic heterocycles. The number of benzene rings is 2. The van der Waals surface area contributed by atoms with Gasteiger partial charge in [-0.3, -0.25) is 4.79 Å². The summed E-state index contributed by atoms with van der Waals surface area (Å²) in [6.45, 7) is 1.27. The molecule has 5 heteroatoms. The lowest BCUT2D eigenvalue weighted by Gasteiger charge is -2.08. The van der Waals surface area contributed by atoms with Crippen LogP contribution in [0.1, 0.15) is 21.9 Å². The average molecular weight is 345 g/mol. The molecule has 5 nitrogen and oxygen atoms in total. The van der Waals surface area contributed by atoms with Gasteiger partial charge in [0.2, 0.25) is 0 Å². The third-order valence-electron chi connectivity index (χ3n) is 4.28. The maximum atomic E-state index is 12.3. The van der Waals surface area contributed by atoms with Crippen LogP contribution in [0.2, 0.25) is 0 Å². The summed E-state index contributed by atoms with van der Waals surface area (Å²) in [4.78, 5) is 16.7. The van der Waals surface area contributed by atoms with Crippen molar-refractivity contribution in [2.45, 2.75) is 13.0 Å². The summed E-state index contributed by atoms with van der Waals surface area (Å²) in [6, 6.07) is 19.6. The first-order chi connectivity index (χ1) is 12.8. The summed E-state index contributed by atoms with van der Waals surface area (Å²) >= 11 is 0. The zero-order valence-electron chi connectivity index (χ0n) is 14.3. The zero-order chi connectivity index (χ0) is 17.8. The van der Waals surface area contributed by atoms with Gasteiger partial charge in [0.15, 0.2) is 5.76 Å². The van der Waals surface area contributed by atoms with Crippen LogP contribution in [0.25, 0.3) is 11.0 Å². The average Bonchev–Trinajstić information content (AvgIpc) is 3.29. The number of hydrogen-bond acceptors (Lipinski definition) is 3. The highest BCUT2D eigenvalue weighted by Gasteiger charge is 2.12. The minimum Gasteiger partial charge on any atom is -0.451 e. The van der Waals surface area contributed by atoms with Gasteiger partial charge in [0.25, 0.3) is 5.91 Å².